The third-order valence-corrected chi connectivity index (χ3v) is 3.82. The third-order valence-electron chi connectivity index (χ3n) is 3.51. The molecule has 0 bridgehead atoms. The van der Waals surface area contributed by atoms with Gasteiger partial charge in [0.1, 0.15) is 12.4 Å². The number of aliphatic hydroxyl groups is 1. The number of halogens is 2. The number of hydrogen-bond donors (Lipinski definition) is 2. The lowest BCUT2D eigenvalue weighted by Gasteiger charge is -2.22. The van der Waals surface area contributed by atoms with Crippen LogP contribution in [0.25, 0.3) is 0 Å². The number of rotatable bonds is 7. The van der Waals surface area contributed by atoms with E-state index in [9.17, 15) is 14.3 Å². The summed E-state index contributed by atoms with van der Waals surface area (Å²) < 4.78 is 18.1. The quantitative estimate of drug-likeness (QED) is 0.753. The van der Waals surface area contributed by atoms with E-state index in [1.165, 1.54) is 12.1 Å². The number of ether oxygens (including phenoxy) is 1. The molecule has 0 radical (unpaired) electrons. The SMILES string of the molecule is O=C(N[C@@H](Cc1ccc(F)cc1)[C@@H](O)CCl)OCc1ccccc1. The third kappa shape index (κ3) is 5.83. The van der Waals surface area contributed by atoms with E-state index in [1.807, 2.05) is 30.3 Å². The first kappa shape index (κ1) is 18.2. The summed E-state index contributed by atoms with van der Waals surface area (Å²) in [6.45, 7) is 0.132. The van der Waals surface area contributed by atoms with Gasteiger partial charge >= 0.3 is 6.09 Å². The van der Waals surface area contributed by atoms with Gasteiger partial charge in [-0.1, -0.05) is 42.5 Å². The van der Waals surface area contributed by atoms with Crippen LogP contribution in [0.3, 0.4) is 0 Å². The van der Waals surface area contributed by atoms with Crippen molar-refractivity contribution in [1.82, 2.24) is 5.32 Å². The van der Waals surface area contributed by atoms with Crippen molar-refractivity contribution in [2.45, 2.75) is 25.2 Å². The Kier molecular flexibility index (Phi) is 7.03. The molecule has 0 saturated carbocycles. The average Bonchev–Trinajstić information content (AvgIpc) is 2.61. The number of nitrogens with one attached hydrogen (secondary N) is 1. The van der Waals surface area contributed by atoms with Gasteiger partial charge in [0.2, 0.25) is 0 Å². The van der Waals surface area contributed by atoms with Crippen molar-refractivity contribution in [2.75, 3.05) is 5.88 Å². The van der Waals surface area contributed by atoms with Crippen LogP contribution in [-0.2, 0) is 17.8 Å². The van der Waals surface area contributed by atoms with Gasteiger partial charge in [0.15, 0.2) is 0 Å². The van der Waals surface area contributed by atoms with Crippen LogP contribution in [0.15, 0.2) is 54.6 Å². The maximum absolute atomic E-state index is 13.0. The van der Waals surface area contributed by atoms with Crippen molar-refractivity contribution < 1.29 is 19.0 Å². The Morgan fingerprint density at radius 3 is 2.42 bits per heavy atom. The van der Waals surface area contributed by atoms with Crippen molar-refractivity contribution in [3.63, 3.8) is 0 Å². The van der Waals surface area contributed by atoms with Gasteiger partial charge in [-0.2, -0.15) is 0 Å². The van der Waals surface area contributed by atoms with Crippen molar-refractivity contribution in [2.24, 2.45) is 0 Å². The van der Waals surface area contributed by atoms with E-state index in [1.54, 1.807) is 12.1 Å². The lowest BCUT2D eigenvalue weighted by Crippen LogP contribution is -2.45. The summed E-state index contributed by atoms with van der Waals surface area (Å²) in [4.78, 5) is 11.9. The number of hydrogen-bond acceptors (Lipinski definition) is 3. The Morgan fingerprint density at radius 1 is 1.12 bits per heavy atom. The molecule has 1 amide bonds. The summed E-state index contributed by atoms with van der Waals surface area (Å²) in [7, 11) is 0. The smallest absolute Gasteiger partial charge is 0.407 e. The minimum Gasteiger partial charge on any atom is -0.445 e. The summed E-state index contributed by atoms with van der Waals surface area (Å²) >= 11 is 5.69. The second-order valence-corrected chi connectivity index (χ2v) is 5.67. The highest BCUT2D eigenvalue weighted by molar-refractivity contribution is 6.18. The molecular weight excluding hydrogens is 333 g/mol. The van der Waals surface area contributed by atoms with Crippen LogP contribution in [0.1, 0.15) is 11.1 Å². The van der Waals surface area contributed by atoms with E-state index < -0.39 is 18.2 Å². The zero-order valence-corrected chi connectivity index (χ0v) is 13.7. The monoisotopic (exact) mass is 351 g/mol. The first-order valence-corrected chi connectivity index (χ1v) is 8.07. The number of carbonyl (C=O) groups excluding carboxylic acids is 1. The fourth-order valence-electron chi connectivity index (χ4n) is 2.18. The molecule has 0 aliphatic heterocycles. The van der Waals surface area contributed by atoms with Crippen LogP contribution in [-0.4, -0.2) is 29.2 Å². The van der Waals surface area contributed by atoms with E-state index in [-0.39, 0.29) is 18.3 Å². The molecule has 2 aromatic rings. The van der Waals surface area contributed by atoms with Gasteiger partial charge in [0.25, 0.3) is 0 Å². The Bertz CT molecular complexity index is 636. The molecule has 0 unspecified atom stereocenters. The Hall–Kier alpha value is -2.11. The summed E-state index contributed by atoms with van der Waals surface area (Å²) in [5.74, 6) is -0.381. The van der Waals surface area contributed by atoms with Gasteiger partial charge < -0.3 is 15.2 Å². The Labute approximate surface area is 145 Å². The summed E-state index contributed by atoms with van der Waals surface area (Å²) in [5.41, 5.74) is 1.63. The van der Waals surface area contributed by atoms with Gasteiger partial charge in [-0.25, -0.2) is 9.18 Å². The molecule has 2 rings (SSSR count). The van der Waals surface area contributed by atoms with Crippen molar-refractivity contribution in [1.29, 1.82) is 0 Å². The van der Waals surface area contributed by atoms with Crippen LogP contribution >= 0.6 is 11.6 Å². The Morgan fingerprint density at radius 2 is 1.79 bits per heavy atom. The number of aliphatic hydroxyl groups excluding tert-OH is 1. The number of alkyl carbamates (subject to hydrolysis) is 1. The van der Waals surface area contributed by atoms with Gasteiger partial charge in [-0.05, 0) is 29.7 Å². The average molecular weight is 352 g/mol. The second-order valence-electron chi connectivity index (χ2n) is 5.36. The van der Waals surface area contributed by atoms with Gasteiger partial charge in [0, 0.05) is 0 Å². The highest BCUT2D eigenvalue weighted by atomic mass is 35.5. The highest BCUT2D eigenvalue weighted by Crippen LogP contribution is 2.10. The van der Waals surface area contributed by atoms with E-state index in [0.29, 0.717) is 6.42 Å². The molecule has 0 aromatic heterocycles. The van der Waals surface area contributed by atoms with E-state index >= 15 is 0 Å². The van der Waals surface area contributed by atoms with Gasteiger partial charge in [-0.3, -0.25) is 0 Å². The molecule has 4 nitrogen and oxygen atoms in total. The van der Waals surface area contributed by atoms with E-state index in [4.69, 9.17) is 16.3 Å². The molecule has 6 heteroatoms. The number of alkyl halides is 1. The van der Waals surface area contributed by atoms with E-state index in [0.717, 1.165) is 11.1 Å². The molecule has 2 aromatic carbocycles. The molecule has 0 fully saturated rings. The Balaban J connectivity index is 1.92. The standard InChI is InChI=1S/C18H19ClFNO3/c19-11-17(22)16(10-13-6-8-15(20)9-7-13)21-18(23)24-12-14-4-2-1-3-5-14/h1-9,16-17,22H,10-12H2,(H,21,23)/t16-,17-/m0/s1. The molecule has 0 heterocycles. The summed E-state index contributed by atoms with van der Waals surface area (Å²) in [6, 6.07) is 14.5. The fraction of sp³-hybridized carbons (Fsp3) is 0.278. The molecule has 128 valence electrons. The molecule has 2 atom stereocenters. The van der Waals surface area contributed by atoms with Crippen molar-refractivity contribution in [3.8, 4) is 0 Å². The van der Waals surface area contributed by atoms with Crippen LogP contribution < -0.4 is 5.32 Å². The van der Waals surface area contributed by atoms with E-state index in [2.05, 4.69) is 5.32 Å². The van der Waals surface area contributed by atoms with Crippen LogP contribution in [0.4, 0.5) is 9.18 Å². The largest absolute Gasteiger partial charge is 0.445 e. The van der Waals surface area contributed by atoms with Crippen LogP contribution in [0, 0.1) is 5.82 Å². The predicted octanol–water partition coefficient (Wildman–Crippen LogP) is 3.26. The number of amides is 1. The fourth-order valence-corrected chi connectivity index (χ4v) is 2.40. The van der Waals surface area contributed by atoms with Gasteiger partial charge in [0.05, 0.1) is 18.0 Å². The maximum Gasteiger partial charge on any atom is 0.407 e. The van der Waals surface area contributed by atoms with Crippen LogP contribution in [0.2, 0.25) is 0 Å². The molecule has 2 N–H and O–H groups in total. The highest BCUT2D eigenvalue weighted by Gasteiger charge is 2.22. The van der Waals surface area contributed by atoms with Gasteiger partial charge in [-0.15, -0.1) is 11.6 Å². The first-order valence-electron chi connectivity index (χ1n) is 7.54. The number of benzene rings is 2. The molecule has 0 saturated heterocycles. The van der Waals surface area contributed by atoms with Crippen molar-refractivity contribution >= 4 is 17.7 Å². The molecular formula is C18H19ClFNO3. The lowest BCUT2D eigenvalue weighted by molar-refractivity contribution is 0.110. The topological polar surface area (TPSA) is 58.6 Å². The second kappa shape index (κ2) is 9.25. The normalized spacial score (nSPS) is 13.1. The lowest BCUT2D eigenvalue weighted by atomic mass is 10.0. The molecule has 24 heavy (non-hydrogen) atoms. The minimum absolute atomic E-state index is 0.0369. The molecule has 0 aliphatic carbocycles. The first-order chi connectivity index (χ1) is 11.6. The number of carbonyl (C=O) groups is 1. The zero-order valence-electron chi connectivity index (χ0n) is 13.0. The van der Waals surface area contributed by atoms with Crippen molar-refractivity contribution in [3.05, 3.63) is 71.5 Å². The van der Waals surface area contributed by atoms with Crippen LogP contribution in [0.5, 0.6) is 0 Å². The zero-order chi connectivity index (χ0) is 17.4. The molecule has 0 aliphatic rings. The predicted molar refractivity (Wildman–Crippen MR) is 90.4 cm³/mol. The molecule has 0 spiro atoms. The minimum atomic E-state index is -0.944. The summed E-state index contributed by atoms with van der Waals surface area (Å²) in [5, 5.41) is 12.6. The maximum atomic E-state index is 13.0. The summed E-state index contributed by atoms with van der Waals surface area (Å²) in [6.07, 6.45) is -1.27.